The number of benzene rings is 2. The molecule has 1 aromatic heterocycles. The van der Waals surface area contributed by atoms with Crippen LogP contribution in [0.5, 0.6) is 0 Å². The van der Waals surface area contributed by atoms with Gasteiger partial charge in [0.1, 0.15) is 5.82 Å². The lowest BCUT2D eigenvalue weighted by molar-refractivity contribution is 0.0949. The molecule has 0 fully saturated rings. The van der Waals surface area contributed by atoms with Crippen LogP contribution in [0.4, 0.5) is 10.5 Å². The predicted octanol–water partition coefficient (Wildman–Crippen LogP) is 3.55. The Morgan fingerprint density at radius 3 is 2.70 bits per heavy atom. The molecule has 3 aromatic rings. The zero-order chi connectivity index (χ0) is 19.2. The van der Waals surface area contributed by atoms with E-state index in [1.54, 1.807) is 31.2 Å². The minimum Gasteiger partial charge on any atom is -0.450 e. The maximum Gasteiger partial charge on any atom is 0.411 e. The molecule has 0 saturated heterocycles. The Bertz CT molecular complexity index is 965. The molecule has 0 saturated carbocycles. The van der Waals surface area contributed by atoms with E-state index in [4.69, 9.17) is 4.74 Å². The lowest BCUT2D eigenvalue weighted by Crippen LogP contribution is -2.25. The second kappa shape index (κ2) is 8.35. The van der Waals surface area contributed by atoms with Crippen LogP contribution in [-0.4, -0.2) is 28.2 Å². The number of nitrogens with zero attached hydrogens (tertiary/aromatic N) is 2. The van der Waals surface area contributed by atoms with Gasteiger partial charge in [-0.05, 0) is 44.2 Å². The number of fused-ring (bicyclic) bond motifs is 1. The zero-order valence-corrected chi connectivity index (χ0v) is 15.4. The summed E-state index contributed by atoms with van der Waals surface area (Å²) >= 11 is 0. The van der Waals surface area contributed by atoms with Gasteiger partial charge in [-0.25, -0.2) is 9.78 Å². The van der Waals surface area contributed by atoms with Crippen molar-refractivity contribution in [3.63, 3.8) is 0 Å². The highest BCUT2D eigenvalue weighted by molar-refractivity contribution is 5.96. The quantitative estimate of drug-likeness (QED) is 0.699. The summed E-state index contributed by atoms with van der Waals surface area (Å²) < 4.78 is 6.92. The average molecular weight is 366 g/mol. The van der Waals surface area contributed by atoms with Gasteiger partial charge in [0.15, 0.2) is 0 Å². The Hall–Kier alpha value is -3.35. The number of ether oxygens (including phenoxy) is 1. The molecule has 0 atom stereocenters. The zero-order valence-electron chi connectivity index (χ0n) is 15.4. The lowest BCUT2D eigenvalue weighted by atomic mass is 10.2. The molecule has 27 heavy (non-hydrogen) atoms. The minimum atomic E-state index is -0.549. The molecule has 0 bridgehead atoms. The van der Waals surface area contributed by atoms with Gasteiger partial charge < -0.3 is 14.6 Å². The summed E-state index contributed by atoms with van der Waals surface area (Å²) in [5.74, 6) is 0.560. The number of para-hydroxylation sites is 2. The second-order valence-corrected chi connectivity index (χ2v) is 5.87. The van der Waals surface area contributed by atoms with Crippen LogP contribution in [0, 0.1) is 0 Å². The maximum atomic E-state index is 12.5. The standard InChI is InChI=1S/C20H22N4O3/c1-3-24-17-11-6-5-10-16(17)23-18(24)13-21-19(25)14-8-7-9-15(12-14)22-20(26)27-4-2/h5-12H,3-4,13H2,1-2H3,(H,21,25)(H,22,26). The first-order valence-electron chi connectivity index (χ1n) is 8.88. The SMILES string of the molecule is CCOC(=O)Nc1cccc(C(=O)NCc2nc3ccccc3n2CC)c1. The van der Waals surface area contributed by atoms with Crippen LogP contribution in [0.2, 0.25) is 0 Å². The van der Waals surface area contributed by atoms with Crippen molar-refractivity contribution in [2.75, 3.05) is 11.9 Å². The molecule has 0 aliphatic rings. The monoisotopic (exact) mass is 366 g/mol. The van der Waals surface area contributed by atoms with E-state index >= 15 is 0 Å². The topological polar surface area (TPSA) is 85.2 Å². The molecule has 2 aromatic carbocycles. The van der Waals surface area contributed by atoms with Gasteiger partial charge in [-0.1, -0.05) is 18.2 Å². The first-order valence-corrected chi connectivity index (χ1v) is 8.88. The summed E-state index contributed by atoms with van der Waals surface area (Å²) in [6, 6.07) is 14.6. The lowest BCUT2D eigenvalue weighted by Gasteiger charge is -2.09. The van der Waals surface area contributed by atoms with Crippen LogP contribution in [0.3, 0.4) is 0 Å². The van der Waals surface area contributed by atoms with Crippen molar-refractivity contribution in [1.82, 2.24) is 14.9 Å². The molecule has 2 amide bonds. The summed E-state index contributed by atoms with van der Waals surface area (Å²) in [5, 5.41) is 5.48. The third-order valence-electron chi connectivity index (χ3n) is 4.10. The van der Waals surface area contributed by atoms with E-state index < -0.39 is 6.09 Å². The van der Waals surface area contributed by atoms with E-state index in [1.807, 2.05) is 31.2 Å². The Labute approximate surface area is 157 Å². The van der Waals surface area contributed by atoms with E-state index in [2.05, 4.69) is 20.2 Å². The molecule has 0 spiro atoms. The molecule has 0 aliphatic carbocycles. The number of hydrogen-bond acceptors (Lipinski definition) is 4. The molecule has 1 heterocycles. The highest BCUT2D eigenvalue weighted by atomic mass is 16.5. The molecule has 7 heteroatoms. The van der Waals surface area contributed by atoms with E-state index in [9.17, 15) is 9.59 Å². The number of aryl methyl sites for hydroxylation is 1. The summed E-state index contributed by atoms with van der Waals surface area (Å²) in [6.45, 7) is 5.14. The molecule has 140 valence electrons. The maximum absolute atomic E-state index is 12.5. The normalized spacial score (nSPS) is 10.6. The fraction of sp³-hybridized carbons (Fsp3) is 0.250. The Morgan fingerprint density at radius 2 is 1.93 bits per heavy atom. The molecule has 3 rings (SSSR count). The van der Waals surface area contributed by atoms with Gasteiger partial charge in [0.25, 0.3) is 5.91 Å². The number of amides is 2. The number of nitrogens with one attached hydrogen (secondary N) is 2. The van der Waals surface area contributed by atoms with Crippen LogP contribution in [0.25, 0.3) is 11.0 Å². The summed E-state index contributed by atoms with van der Waals surface area (Å²) in [4.78, 5) is 28.6. The van der Waals surface area contributed by atoms with Gasteiger partial charge in [0.05, 0.1) is 24.2 Å². The van der Waals surface area contributed by atoms with E-state index in [0.717, 1.165) is 23.4 Å². The Kier molecular flexibility index (Phi) is 5.71. The first-order chi connectivity index (χ1) is 13.1. The Morgan fingerprint density at radius 1 is 1.11 bits per heavy atom. The van der Waals surface area contributed by atoms with Crippen LogP contribution in [0.1, 0.15) is 30.0 Å². The number of rotatable bonds is 6. The number of hydrogen-bond donors (Lipinski definition) is 2. The number of aromatic nitrogens is 2. The van der Waals surface area contributed by atoms with Gasteiger partial charge in [-0.3, -0.25) is 10.1 Å². The minimum absolute atomic E-state index is 0.239. The van der Waals surface area contributed by atoms with Crippen molar-refractivity contribution in [2.45, 2.75) is 26.9 Å². The van der Waals surface area contributed by atoms with Crippen LogP contribution in [-0.2, 0) is 17.8 Å². The van der Waals surface area contributed by atoms with Crippen molar-refractivity contribution in [3.05, 3.63) is 59.9 Å². The highest BCUT2D eigenvalue weighted by Crippen LogP contribution is 2.16. The third-order valence-corrected chi connectivity index (χ3v) is 4.10. The predicted molar refractivity (Wildman–Crippen MR) is 104 cm³/mol. The smallest absolute Gasteiger partial charge is 0.411 e. The van der Waals surface area contributed by atoms with Gasteiger partial charge in [-0.15, -0.1) is 0 Å². The van der Waals surface area contributed by atoms with Crippen molar-refractivity contribution in [2.24, 2.45) is 0 Å². The van der Waals surface area contributed by atoms with Crippen molar-refractivity contribution in [1.29, 1.82) is 0 Å². The molecule has 0 unspecified atom stereocenters. The molecular formula is C20H22N4O3. The number of anilines is 1. The highest BCUT2D eigenvalue weighted by Gasteiger charge is 2.12. The van der Waals surface area contributed by atoms with Gasteiger partial charge in [0, 0.05) is 17.8 Å². The van der Waals surface area contributed by atoms with Gasteiger partial charge >= 0.3 is 6.09 Å². The first kappa shape index (κ1) is 18.4. The van der Waals surface area contributed by atoms with Crippen molar-refractivity contribution >= 4 is 28.7 Å². The van der Waals surface area contributed by atoms with Crippen LogP contribution >= 0.6 is 0 Å². The van der Waals surface area contributed by atoms with E-state index in [1.165, 1.54) is 0 Å². The average Bonchev–Trinajstić information content (AvgIpc) is 3.04. The fourth-order valence-corrected chi connectivity index (χ4v) is 2.90. The summed E-state index contributed by atoms with van der Waals surface area (Å²) in [6.07, 6.45) is -0.549. The second-order valence-electron chi connectivity index (χ2n) is 5.87. The Balaban J connectivity index is 1.70. The van der Waals surface area contributed by atoms with Crippen LogP contribution < -0.4 is 10.6 Å². The summed E-state index contributed by atoms with van der Waals surface area (Å²) in [5.41, 5.74) is 2.90. The third kappa shape index (κ3) is 4.25. The van der Waals surface area contributed by atoms with Crippen molar-refractivity contribution < 1.29 is 14.3 Å². The van der Waals surface area contributed by atoms with Crippen LogP contribution in [0.15, 0.2) is 48.5 Å². The van der Waals surface area contributed by atoms with Crippen molar-refractivity contribution in [3.8, 4) is 0 Å². The molecule has 7 nitrogen and oxygen atoms in total. The van der Waals surface area contributed by atoms with Gasteiger partial charge in [0.2, 0.25) is 0 Å². The molecule has 0 radical (unpaired) electrons. The molecule has 2 N–H and O–H groups in total. The van der Waals surface area contributed by atoms with E-state index in [-0.39, 0.29) is 12.5 Å². The molecule has 0 aliphatic heterocycles. The largest absolute Gasteiger partial charge is 0.450 e. The summed E-state index contributed by atoms with van der Waals surface area (Å²) in [7, 11) is 0. The number of carbonyl (C=O) groups excluding carboxylic acids is 2. The molecular weight excluding hydrogens is 344 g/mol. The van der Waals surface area contributed by atoms with Gasteiger partial charge in [-0.2, -0.15) is 0 Å². The van der Waals surface area contributed by atoms with E-state index in [0.29, 0.717) is 17.8 Å². The number of carbonyl (C=O) groups is 2. The fourth-order valence-electron chi connectivity index (χ4n) is 2.90. The number of imidazole rings is 1.